The number of nitriles is 1. The van der Waals surface area contributed by atoms with Crippen LogP contribution in [0.15, 0.2) is 42.6 Å². The van der Waals surface area contributed by atoms with Gasteiger partial charge in [0, 0.05) is 32.1 Å². The number of piperidine rings is 1. The number of benzene rings is 1. The number of halogens is 1. The normalized spacial score (nSPS) is 15.4. The monoisotopic (exact) mass is 313 g/mol. The quantitative estimate of drug-likeness (QED) is 0.867. The van der Waals surface area contributed by atoms with Crippen molar-refractivity contribution in [1.29, 1.82) is 5.26 Å². The highest BCUT2D eigenvalue weighted by Crippen LogP contribution is 2.27. The summed E-state index contributed by atoms with van der Waals surface area (Å²) in [6.07, 6.45) is 3.64. The molecule has 0 radical (unpaired) electrons. The molecular weight excluding hydrogens is 298 g/mol. The minimum atomic E-state index is 0.175. The van der Waals surface area contributed by atoms with Gasteiger partial charge in [0.1, 0.15) is 23.7 Å². The summed E-state index contributed by atoms with van der Waals surface area (Å²) < 4.78 is 5.98. The Bertz CT molecular complexity index is 673. The molecule has 0 amide bonds. The summed E-state index contributed by atoms with van der Waals surface area (Å²) in [6.45, 7) is 1.77. The third-order valence-electron chi connectivity index (χ3n) is 3.77. The second kappa shape index (κ2) is 6.67. The van der Waals surface area contributed by atoms with Crippen LogP contribution >= 0.6 is 11.6 Å². The zero-order chi connectivity index (χ0) is 15.4. The summed E-state index contributed by atoms with van der Waals surface area (Å²) in [5.74, 6) is 1.66. The Morgan fingerprint density at radius 2 is 1.95 bits per heavy atom. The molecule has 1 aliphatic rings. The second-order valence-corrected chi connectivity index (χ2v) is 5.66. The number of hydrogen-bond donors (Lipinski definition) is 0. The highest BCUT2D eigenvalue weighted by Gasteiger charge is 2.22. The highest BCUT2D eigenvalue weighted by molar-refractivity contribution is 6.32. The largest absolute Gasteiger partial charge is 0.489 e. The van der Waals surface area contributed by atoms with Crippen molar-refractivity contribution in [2.45, 2.75) is 18.9 Å². The lowest BCUT2D eigenvalue weighted by Gasteiger charge is -2.33. The predicted molar refractivity (Wildman–Crippen MR) is 86.3 cm³/mol. The molecule has 5 heteroatoms. The first-order valence-electron chi connectivity index (χ1n) is 7.28. The fourth-order valence-corrected chi connectivity index (χ4v) is 2.74. The summed E-state index contributed by atoms with van der Waals surface area (Å²) in [5, 5.41) is 9.46. The first-order valence-corrected chi connectivity index (χ1v) is 7.66. The number of anilines is 1. The Morgan fingerprint density at radius 3 is 2.59 bits per heavy atom. The molecule has 0 unspecified atom stereocenters. The zero-order valence-corrected chi connectivity index (χ0v) is 12.8. The van der Waals surface area contributed by atoms with E-state index in [4.69, 9.17) is 21.6 Å². The van der Waals surface area contributed by atoms with Gasteiger partial charge in [-0.05, 0) is 24.3 Å². The Morgan fingerprint density at radius 1 is 1.18 bits per heavy atom. The molecule has 1 aromatic carbocycles. The van der Waals surface area contributed by atoms with Crippen LogP contribution in [0.1, 0.15) is 18.4 Å². The molecule has 2 aromatic rings. The summed E-state index contributed by atoms with van der Waals surface area (Å²) in [5.41, 5.74) is 0.584. The Balaban J connectivity index is 1.58. The lowest BCUT2D eigenvalue weighted by molar-refractivity contribution is 0.171. The van der Waals surface area contributed by atoms with Gasteiger partial charge in [-0.3, -0.25) is 0 Å². The average molecular weight is 314 g/mol. The van der Waals surface area contributed by atoms with E-state index in [0.29, 0.717) is 10.6 Å². The SMILES string of the molecule is N#Cc1ccc(N2CCC(Oc3ccccc3Cl)CC2)nc1. The van der Waals surface area contributed by atoms with E-state index in [-0.39, 0.29) is 6.10 Å². The molecule has 1 fully saturated rings. The molecule has 0 saturated carbocycles. The van der Waals surface area contributed by atoms with E-state index in [1.807, 2.05) is 30.3 Å². The van der Waals surface area contributed by atoms with Gasteiger partial charge in [0.2, 0.25) is 0 Å². The van der Waals surface area contributed by atoms with Gasteiger partial charge in [0.15, 0.2) is 0 Å². The van der Waals surface area contributed by atoms with Crippen LogP contribution in [0.2, 0.25) is 5.02 Å². The van der Waals surface area contributed by atoms with Crippen LogP contribution in [-0.2, 0) is 0 Å². The average Bonchev–Trinajstić information content (AvgIpc) is 2.58. The van der Waals surface area contributed by atoms with E-state index in [0.717, 1.165) is 37.5 Å². The van der Waals surface area contributed by atoms with Gasteiger partial charge in [0.25, 0.3) is 0 Å². The van der Waals surface area contributed by atoms with E-state index in [9.17, 15) is 0 Å². The first kappa shape index (κ1) is 14.7. The van der Waals surface area contributed by atoms with Crippen LogP contribution in [0.25, 0.3) is 0 Å². The zero-order valence-electron chi connectivity index (χ0n) is 12.1. The van der Waals surface area contributed by atoms with Crippen LogP contribution in [0.4, 0.5) is 5.82 Å². The van der Waals surface area contributed by atoms with Gasteiger partial charge in [-0.1, -0.05) is 23.7 Å². The summed E-state index contributed by atoms with van der Waals surface area (Å²) in [6, 6.07) is 13.3. The molecule has 1 aromatic heterocycles. The third-order valence-corrected chi connectivity index (χ3v) is 4.09. The molecule has 3 rings (SSSR count). The molecule has 0 spiro atoms. The maximum atomic E-state index is 8.81. The fraction of sp³-hybridized carbons (Fsp3) is 0.294. The van der Waals surface area contributed by atoms with Gasteiger partial charge in [-0.15, -0.1) is 0 Å². The van der Waals surface area contributed by atoms with Crippen molar-refractivity contribution in [3.63, 3.8) is 0 Å². The first-order chi connectivity index (χ1) is 10.8. The molecule has 0 atom stereocenters. The number of rotatable bonds is 3. The van der Waals surface area contributed by atoms with Gasteiger partial charge in [-0.2, -0.15) is 5.26 Å². The lowest BCUT2D eigenvalue weighted by Crippen LogP contribution is -2.38. The maximum Gasteiger partial charge on any atom is 0.138 e. The van der Waals surface area contributed by atoms with Crippen LogP contribution in [0.5, 0.6) is 5.75 Å². The smallest absolute Gasteiger partial charge is 0.138 e. The van der Waals surface area contributed by atoms with Gasteiger partial charge in [0.05, 0.1) is 10.6 Å². The Labute approximate surface area is 134 Å². The van der Waals surface area contributed by atoms with Crippen molar-refractivity contribution in [3.8, 4) is 11.8 Å². The second-order valence-electron chi connectivity index (χ2n) is 5.25. The molecular formula is C17H16ClN3O. The van der Waals surface area contributed by atoms with Gasteiger partial charge < -0.3 is 9.64 Å². The number of ether oxygens (including phenoxy) is 1. The Hall–Kier alpha value is -2.25. The van der Waals surface area contributed by atoms with Gasteiger partial charge in [-0.25, -0.2) is 4.98 Å². The van der Waals surface area contributed by atoms with E-state index in [2.05, 4.69) is 16.0 Å². The van der Waals surface area contributed by atoms with Crippen molar-refractivity contribution in [1.82, 2.24) is 4.98 Å². The van der Waals surface area contributed by atoms with E-state index >= 15 is 0 Å². The van der Waals surface area contributed by atoms with Crippen molar-refractivity contribution in [2.75, 3.05) is 18.0 Å². The molecule has 2 heterocycles. The van der Waals surface area contributed by atoms with E-state index < -0.39 is 0 Å². The minimum Gasteiger partial charge on any atom is -0.489 e. The van der Waals surface area contributed by atoms with Crippen molar-refractivity contribution >= 4 is 17.4 Å². The number of para-hydroxylation sites is 1. The lowest BCUT2D eigenvalue weighted by atomic mass is 10.1. The van der Waals surface area contributed by atoms with Gasteiger partial charge >= 0.3 is 0 Å². The van der Waals surface area contributed by atoms with E-state index in [1.165, 1.54) is 0 Å². The molecule has 0 aliphatic carbocycles. The van der Waals surface area contributed by atoms with Crippen LogP contribution < -0.4 is 9.64 Å². The molecule has 112 valence electrons. The summed E-state index contributed by atoms with van der Waals surface area (Å²) in [4.78, 5) is 6.55. The molecule has 1 saturated heterocycles. The summed E-state index contributed by atoms with van der Waals surface area (Å²) >= 11 is 6.12. The Kier molecular flexibility index (Phi) is 4.45. The highest BCUT2D eigenvalue weighted by atomic mass is 35.5. The van der Waals surface area contributed by atoms with Crippen molar-refractivity contribution in [2.24, 2.45) is 0 Å². The third kappa shape index (κ3) is 3.32. The van der Waals surface area contributed by atoms with E-state index in [1.54, 1.807) is 12.3 Å². The van der Waals surface area contributed by atoms with Crippen molar-refractivity contribution in [3.05, 3.63) is 53.2 Å². The molecule has 0 bridgehead atoms. The molecule has 22 heavy (non-hydrogen) atoms. The standard InChI is InChI=1S/C17H16ClN3O/c18-15-3-1-2-4-16(15)22-14-7-9-21(10-8-14)17-6-5-13(11-19)12-20-17/h1-6,12,14H,7-10H2. The number of hydrogen-bond acceptors (Lipinski definition) is 4. The van der Waals surface area contributed by atoms with Crippen LogP contribution in [0.3, 0.4) is 0 Å². The number of pyridine rings is 1. The molecule has 4 nitrogen and oxygen atoms in total. The van der Waals surface area contributed by atoms with Crippen LogP contribution in [0, 0.1) is 11.3 Å². The maximum absolute atomic E-state index is 8.81. The number of aromatic nitrogens is 1. The molecule has 0 N–H and O–H groups in total. The predicted octanol–water partition coefficient (Wildman–Crippen LogP) is 3.65. The topological polar surface area (TPSA) is 49.2 Å². The molecule has 1 aliphatic heterocycles. The van der Waals surface area contributed by atoms with Crippen molar-refractivity contribution < 1.29 is 4.74 Å². The minimum absolute atomic E-state index is 0.175. The number of nitrogens with zero attached hydrogens (tertiary/aromatic N) is 3. The fourth-order valence-electron chi connectivity index (χ4n) is 2.56. The van der Waals surface area contributed by atoms with Crippen LogP contribution in [-0.4, -0.2) is 24.2 Å². The summed E-state index contributed by atoms with van der Waals surface area (Å²) in [7, 11) is 0.